The molecule has 1 amide bonds. The van der Waals surface area contributed by atoms with Gasteiger partial charge in [0.25, 0.3) is 0 Å². The number of hydrogen-bond acceptors (Lipinski definition) is 2. The van der Waals surface area contributed by atoms with Gasteiger partial charge in [0.15, 0.2) is 0 Å². The second-order valence-electron chi connectivity index (χ2n) is 5.36. The molecule has 1 atom stereocenters. The van der Waals surface area contributed by atoms with Crippen LogP contribution in [-0.4, -0.2) is 35.6 Å². The summed E-state index contributed by atoms with van der Waals surface area (Å²) in [5, 5.41) is 1.15. The Bertz CT molecular complexity index is 755. The number of alkyl halides is 9. The quantitative estimate of drug-likeness (QED) is 0.722. The largest absolute Gasteiger partial charge is 0.428 e. The van der Waals surface area contributed by atoms with Crippen LogP contribution in [0.4, 0.5) is 45.2 Å². The van der Waals surface area contributed by atoms with Crippen molar-refractivity contribution in [1.82, 2.24) is 0 Å². The molecule has 0 bridgehead atoms. The van der Waals surface area contributed by atoms with Gasteiger partial charge in [-0.15, -0.1) is 0 Å². The van der Waals surface area contributed by atoms with Gasteiger partial charge in [-0.05, 0) is 24.6 Å². The zero-order valence-electron chi connectivity index (χ0n) is 12.3. The molecule has 1 N–H and O–H groups in total. The van der Waals surface area contributed by atoms with Crippen molar-refractivity contribution in [1.29, 1.82) is 0 Å². The average molecular weight is 416 g/mol. The van der Waals surface area contributed by atoms with Gasteiger partial charge >= 0.3 is 35.6 Å². The molecule has 1 heterocycles. The molecule has 0 aromatic heterocycles. The topological polar surface area (TPSA) is 38.3 Å². The average Bonchev–Trinajstić information content (AvgIpc) is 2.58. The normalized spacial score (nSPS) is 26.6. The van der Waals surface area contributed by atoms with Crippen LogP contribution in [0, 0.1) is 6.92 Å². The number of halogens is 10. The number of benzene rings is 1. The van der Waals surface area contributed by atoms with Crippen LogP contribution >= 0.6 is 11.6 Å². The van der Waals surface area contributed by atoms with E-state index < -0.39 is 41.3 Å². The van der Waals surface area contributed by atoms with Gasteiger partial charge in [-0.2, -0.15) is 39.5 Å². The molecular formula is C13H7ClF9NO2. The monoisotopic (exact) mass is 415 g/mol. The minimum absolute atomic E-state index is 0.0819. The number of nitrogens with one attached hydrogen (secondary N) is 1. The summed E-state index contributed by atoms with van der Waals surface area (Å²) in [5.74, 6) is -28.7. The molecule has 1 aliphatic heterocycles. The van der Waals surface area contributed by atoms with Crippen LogP contribution in [-0.2, 0) is 9.53 Å². The zero-order chi connectivity index (χ0) is 20.3. The first kappa shape index (κ1) is 20.6. The fourth-order valence-corrected chi connectivity index (χ4v) is 2.16. The number of rotatable bonds is 3. The fourth-order valence-electron chi connectivity index (χ4n) is 1.98. The maximum atomic E-state index is 14.0. The molecule has 2 rings (SSSR count). The third kappa shape index (κ3) is 2.53. The summed E-state index contributed by atoms with van der Waals surface area (Å²) < 4.78 is 122. The molecular weight excluding hydrogens is 409 g/mol. The number of ether oxygens (including phenoxy) is 1. The van der Waals surface area contributed by atoms with Crippen LogP contribution in [0.3, 0.4) is 0 Å². The lowest BCUT2D eigenvalue weighted by Crippen LogP contribution is -2.63. The molecule has 1 saturated heterocycles. The van der Waals surface area contributed by atoms with Crippen molar-refractivity contribution >= 4 is 23.2 Å². The highest BCUT2D eigenvalue weighted by Gasteiger charge is 2.96. The van der Waals surface area contributed by atoms with E-state index >= 15 is 0 Å². The molecule has 0 saturated carbocycles. The van der Waals surface area contributed by atoms with E-state index in [2.05, 4.69) is 4.74 Å². The van der Waals surface area contributed by atoms with Gasteiger partial charge in [0.2, 0.25) is 0 Å². The molecule has 1 aliphatic rings. The molecule has 1 aromatic rings. The summed E-state index contributed by atoms with van der Waals surface area (Å²) in [6, 6.07) is 2.98. The first-order valence-corrected chi connectivity index (χ1v) is 6.87. The summed E-state index contributed by atoms with van der Waals surface area (Å²) in [6.45, 7) is 1.47. The van der Waals surface area contributed by atoms with Crippen LogP contribution in [0.2, 0.25) is 5.02 Å². The Hall–Kier alpha value is -1.69. The number of aryl methyl sites for hydroxylation is 1. The van der Waals surface area contributed by atoms with Crippen molar-refractivity contribution in [3.8, 4) is 0 Å². The van der Waals surface area contributed by atoms with Gasteiger partial charge in [0.05, 0.1) is 0 Å². The Labute approximate surface area is 144 Å². The van der Waals surface area contributed by atoms with Crippen LogP contribution in [0.25, 0.3) is 0 Å². The van der Waals surface area contributed by atoms with Crippen molar-refractivity contribution < 1.29 is 49.0 Å². The van der Waals surface area contributed by atoms with E-state index in [0.717, 1.165) is 12.1 Å². The van der Waals surface area contributed by atoms with Gasteiger partial charge in [0.1, 0.15) is 0 Å². The van der Waals surface area contributed by atoms with Crippen molar-refractivity contribution in [3.63, 3.8) is 0 Å². The summed E-state index contributed by atoms with van der Waals surface area (Å²) in [5.41, 5.74) is -0.156. The number of anilines is 1. The molecule has 1 unspecified atom stereocenters. The van der Waals surface area contributed by atoms with Gasteiger partial charge in [-0.1, -0.05) is 17.7 Å². The van der Waals surface area contributed by atoms with Crippen LogP contribution in [0.1, 0.15) is 5.56 Å². The SMILES string of the molecule is Cc1ccc(NC(=O)C(F)(F)C2(F)OC(F)(F)C(F)(F)C2(F)F)cc1Cl. The number of carbonyl (C=O) groups is 1. The van der Waals surface area contributed by atoms with Gasteiger partial charge in [-0.25, -0.2) is 0 Å². The van der Waals surface area contributed by atoms with Crippen molar-refractivity contribution in [2.24, 2.45) is 0 Å². The van der Waals surface area contributed by atoms with E-state index in [1.165, 1.54) is 18.3 Å². The van der Waals surface area contributed by atoms with E-state index in [9.17, 15) is 44.3 Å². The van der Waals surface area contributed by atoms with E-state index in [1.807, 2.05) is 0 Å². The predicted octanol–water partition coefficient (Wildman–Crippen LogP) is 4.78. The molecule has 13 heteroatoms. The molecule has 0 radical (unpaired) electrons. The Balaban J connectivity index is 2.42. The Morgan fingerprint density at radius 2 is 1.62 bits per heavy atom. The highest BCUT2D eigenvalue weighted by atomic mass is 35.5. The van der Waals surface area contributed by atoms with E-state index in [0.29, 0.717) is 5.56 Å². The third-order valence-corrected chi connectivity index (χ3v) is 3.96. The lowest BCUT2D eigenvalue weighted by atomic mass is 9.99. The molecule has 26 heavy (non-hydrogen) atoms. The van der Waals surface area contributed by atoms with Crippen molar-refractivity contribution in [2.45, 2.75) is 36.7 Å². The van der Waals surface area contributed by atoms with Crippen LogP contribution < -0.4 is 5.32 Å². The molecule has 3 nitrogen and oxygen atoms in total. The summed E-state index contributed by atoms with van der Waals surface area (Å²) in [7, 11) is 0. The van der Waals surface area contributed by atoms with Crippen LogP contribution in [0.5, 0.6) is 0 Å². The van der Waals surface area contributed by atoms with Crippen molar-refractivity contribution in [2.75, 3.05) is 5.32 Å². The molecule has 0 spiro atoms. The maximum Gasteiger partial charge on any atom is 0.428 e. The summed E-state index contributed by atoms with van der Waals surface area (Å²) >= 11 is 5.63. The smallest absolute Gasteiger partial charge is 0.321 e. The van der Waals surface area contributed by atoms with E-state index in [4.69, 9.17) is 11.6 Å². The highest BCUT2D eigenvalue weighted by molar-refractivity contribution is 6.31. The molecule has 0 aliphatic carbocycles. The first-order valence-electron chi connectivity index (χ1n) is 6.49. The first-order chi connectivity index (χ1) is 11.5. The highest BCUT2D eigenvalue weighted by Crippen LogP contribution is 2.64. The van der Waals surface area contributed by atoms with E-state index in [-0.39, 0.29) is 5.02 Å². The minimum atomic E-state index is -6.73. The van der Waals surface area contributed by atoms with Crippen molar-refractivity contribution in [3.05, 3.63) is 28.8 Å². The Morgan fingerprint density at radius 3 is 2.04 bits per heavy atom. The Kier molecular flexibility index (Phi) is 4.48. The minimum Gasteiger partial charge on any atom is -0.321 e. The second-order valence-corrected chi connectivity index (χ2v) is 5.76. The molecule has 1 aromatic carbocycles. The van der Waals surface area contributed by atoms with Gasteiger partial charge in [0, 0.05) is 10.7 Å². The number of hydrogen-bond donors (Lipinski definition) is 1. The summed E-state index contributed by atoms with van der Waals surface area (Å²) in [4.78, 5) is 11.5. The zero-order valence-corrected chi connectivity index (χ0v) is 13.1. The Morgan fingerprint density at radius 1 is 1.08 bits per heavy atom. The third-order valence-electron chi connectivity index (χ3n) is 3.55. The standard InChI is InChI=1S/C13H7ClF9NO2/c1-5-2-3-6(4-7(5)14)24-8(25)9(15,16)12(21)10(17,18)11(19,20)13(22,23)26-12/h2-4H,1H3,(H,24,25). The number of amides is 1. The maximum absolute atomic E-state index is 14.0. The lowest BCUT2D eigenvalue weighted by Gasteiger charge is -2.31. The van der Waals surface area contributed by atoms with Gasteiger partial charge in [-0.3, -0.25) is 9.53 Å². The molecule has 146 valence electrons. The predicted molar refractivity (Wildman–Crippen MR) is 69.5 cm³/mol. The fraction of sp³-hybridized carbons (Fsp3) is 0.462. The van der Waals surface area contributed by atoms with E-state index in [1.54, 1.807) is 0 Å². The molecule has 1 fully saturated rings. The number of carbonyl (C=O) groups excluding carboxylic acids is 1. The second kappa shape index (κ2) is 5.65. The van der Waals surface area contributed by atoms with Gasteiger partial charge < -0.3 is 5.32 Å². The van der Waals surface area contributed by atoms with Crippen LogP contribution in [0.15, 0.2) is 18.2 Å². The summed E-state index contributed by atoms with van der Waals surface area (Å²) in [6.07, 6.45) is -6.29. The lowest BCUT2D eigenvalue weighted by molar-refractivity contribution is -0.366.